The molecule has 0 unspecified atom stereocenters. The SMILES string of the molecule is C[C@H](N)C(=O)Nc1c[nH]ccc1=O.Cl.Cl. The minimum absolute atomic E-state index is 0. The van der Waals surface area contributed by atoms with Gasteiger partial charge in [-0.2, -0.15) is 0 Å². The van der Waals surface area contributed by atoms with Crippen molar-refractivity contribution in [2.45, 2.75) is 13.0 Å². The van der Waals surface area contributed by atoms with Crippen LogP contribution in [0.25, 0.3) is 0 Å². The molecule has 1 heterocycles. The Morgan fingerprint density at radius 1 is 1.53 bits per heavy atom. The number of hydrogen-bond donors (Lipinski definition) is 3. The highest BCUT2D eigenvalue weighted by Crippen LogP contribution is 1.95. The van der Waals surface area contributed by atoms with Crippen LogP contribution in [-0.4, -0.2) is 16.9 Å². The normalized spacial score (nSPS) is 10.5. The van der Waals surface area contributed by atoms with Crippen molar-refractivity contribution in [3.8, 4) is 0 Å². The molecule has 0 bridgehead atoms. The highest BCUT2D eigenvalue weighted by molar-refractivity contribution is 5.94. The molecule has 0 spiro atoms. The summed E-state index contributed by atoms with van der Waals surface area (Å²) in [5, 5.41) is 2.40. The molecule has 1 aromatic heterocycles. The zero-order valence-corrected chi connectivity index (χ0v) is 9.65. The molecule has 0 saturated carbocycles. The van der Waals surface area contributed by atoms with E-state index < -0.39 is 6.04 Å². The summed E-state index contributed by atoms with van der Waals surface area (Å²) in [6.45, 7) is 1.55. The summed E-state index contributed by atoms with van der Waals surface area (Å²) < 4.78 is 0. The summed E-state index contributed by atoms with van der Waals surface area (Å²) in [4.78, 5) is 24.9. The van der Waals surface area contributed by atoms with E-state index >= 15 is 0 Å². The van der Waals surface area contributed by atoms with E-state index in [0.29, 0.717) is 0 Å². The minimum Gasteiger partial charge on any atom is -0.366 e. The summed E-state index contributed by atoms with van der Waals surface area (Å²) in [5.74, 6) is -0.378. The number of H-pyrrole nitrogens is 1. The number of aromatic amines is 1. The van der Waals surface area contributed by atoms with Crippen molar-refractivity contribution in [1.29, 1.82) is 0 Å². The molecule has 1 amide bonds. The lowest BCUT2D eigenvalue weighted by Crippen LogP contribution is -2.33. The van der Waals surface area contributed by atoms with Crippen LogP contribution in [0.5, 0.6) is 0 Å². The van der Waals surface area contributed by atoms with Gasteiger partial charge in [-0.25, -0.2) is 0 Å². The number of pyridine rings is 1. The predicted molar refractivity (Wildman–Crippen MR) is 63.8 cm³/mol. The molecule has 0 aliphatic carbocycles. The molecule has 4 N–H and O–H groups in total. The fourth-order valence-corrected chi connectivity index (χ4v) is 0.760. The Hall–Kier alpha value is -1.04. The minimum atomic E-state index is -0.625. The van der Waals surface area contributed by atoms with Gasteiger partial charge in [-0.15, -0.1) is 24.8 Å². The van der Waals surface area contributed by atoms with E-state index in [0.717, 1.165) is 0 Å². The van der Waals surface area contributed by atoms with Crippen molar-refractivity contribution in [2.75, 3.05) is 5.32 Å². The monoisotopic (exact) mass is 253 g/mol. The second-order valence-corrected chi connectivity index (χ2v) is 2.70. The van der Waals surface area contributed by atoms with Crippen LogP contribution >= 0.6 is 24.8 Å². The summed E-state index contributed by atoms with van der Waals surface area (Å²) >= 11 is 0. The van der Waals surface area contributed by atoms with Gasteiger partial charge in [-0.3, -0.25) is 9.59 Å². The van der Waals surface area contributed by atoms with E-state index in [4.69, 9.17) is 5.73 Å². The second-order valence-electron chi connectivity index (χ2n) is 2.70. The van der Waals surface area contributed by atoms with Crippen molar-refractivity contribution in [1.82, 2.24) is 4.98 Å². The molecule has 1 atom stereocenters. The average molecular weight is 254 g/mol. The Labute approximate surface area is 99.3 Å². The van der Waals surface area contributed by atoms with Crippen LogP contribution in [0.2, 0.25) is 0 Å². The van der Waals surface area contributed by atoms with Gasteiger partial charge in [-0.1, -0.05) is 0 Å². The van der Waals surface area contributed by atoms with Crippen LogP contribution < -0.4 is 16.5 Å². The van der Waals surface area contributed by atoms with Gasteiger partial charge < -0.3 is 16.0 Å². The molecule has 1 rings (SSSR count). The van der Waals surface area contributed by atoms with Gasteiger partial charge in [0.15, 0.2) is 0 Å². The quantitative estimate of drug-likeness (QED) is 0.718. The molecule has 0 aliphatic rings. The molecule has 1 aromatic rings. The van der Waals surface area contributed by atoms with Crippen LogP contribution in [-0.2, 0) is 4.79 Å². The molecule has 7 heteroatoms. The van der Waals surface area contributed by atoms with E-state index in [2.05, 4.69) is 10.3 Å². The smallest absolute Gasteiger partial charge is 0.241 e. The largest absolute Gasteiger partial charge is 0.366 e. The zero-order chi connectivity index (χ0) is 9.84. The Kier molecular flexibility index (Phi) is 7.95. The summed E-state index contributed by atoms with van der Waals surface area (Å²) in [6, 6.07) is 0.705. The number of anilines is 1. The molecule has 15 heavy (non-hydrogen) atoms. The Morgan fingerprint density at radius 2 is 2.13 bits per heavy atom. The number of hydrogen-bond acceptors (Lipinski definition) is 3. The van der Waals surface area contributed by atoms with E-state index in [-0.39, 0.29) is 41.8 Å². The number of halogens is 2. The zero-order valence-electron chi connectivity index (χ0n) is 8.02. The van der Waals surface area contributed by atoms with Crippen molar-refractivity contribution in [3.05, 3.63) is 28.7 Å². The number of rotatable bonds is 2. The fraction of sp³-hybridized carbons (Fsp3) is 0.250. The molecule has 0 aliphatic heterocycles. The van der Waals surface area contributed by atoms with Gasteiger partial charge in [0.2, 0.25) is 11.3 Å². The third kappa shape index (κ3) is 4.83. The third-order valence-corrected chi connectivity index (χ3v) is 1.50. The summed E-state index contributed by atoms with van der Waals surface area (Å²) in [5.41, 5.74) is 5.28. The Morgan fingerprint density at radius 3 is 2.60 bits per heavy atom. The second kappa shape index (κ2) is 7.28. The van der Waals surface area contributed by atoms with E-state index in [1.54, 1.807) is 6.92 Å². The first-order chi connectivity index (χ1) is 6.11. The van der Waals surface area contributed by atoms with Gasteiger partial charge in [-0.05, 0) is 6.92 Å². The number of carbonyl (C=O) groups excluding carboxylic acids is 1. The molecular formula is C8H13Cl2N3O2. The lowest BCUT2D eigenvalue weighted by atomic mass is 10.3. The van der Waals surface area contributed by atoms with E-state index in [1.807, 2.05) is 0 Å². The van der Waals surface area contributed by atoms with Crippen LogP contribution in [0.1, 0.15) is 6.92 Å². The van der Waals surface area contributed by atoms with Crippen molar-refractivity contribution in [2.24, 2.45) is 5.73 Å². The summed E-state index contributed by atoms with van der Waals surface area (Å²) in [6.07, 6.45) is 2.91. The molecule has 0 fully saturated rings. The first-order valence-electron chi connectivity index (χ1n) is 3.85. The molecule has 0 aromatic carbocycles. The van der Waals surface area contributed by atoms with E-state index in [1.165, 1.54) is 18.5 Å². The maximum absolute atomic E-state index is 11.1. The Balaban J connectivity index is 0. The highest BCUT2D eigenvalue weighted by Gasteiger charge is 2.08. The third-order valence-electron chi connectivity index (χ3n) is 1.50. The number of carbonyl (C=O) groups is 1. The van der Waals surface area contributed by atoms with Crippen molar-refractivity contribution >= 4 is 36.4 Å². The molecule has 5 nitrogen and oxygen atoms in total. The molecule has 0 radical (unpaired) electrons. The first kappa shape index (κ1) is 16.4. The van der Waals surface area contributed by atoms with Gasteiger partial charge in [0.25, 0.3) is 0 Å². The lowest BCUT2D eigenvalue weighted by molar-refractivity contribution is -0.117. The number of nitrogens with one attached hydrogen (secondary N) is 2. The Bertz CT molecular complexity index is 365. The number of nitrogens with two attached hydrogens (primary N) is 1. The topological polar surface area (TPSA) is 88.0 Å². The molecule has 0 saturated heterocycles. The standard InChI is InChI=1S/C8H11N3O2.2ClH/c1-5(9)8(13)11-6-4-10-3-2-7(6)12;;/h2-5H,9H2,1H3,(H,10,12)(H,11,13);2*1H/t5-;;/m0../s1. The van der Waals surface area contributed by atoms with Crippen LogP contribution in [0.3, 0.4) is 0 Å². The maximum Gasteiger partial charge on any atom is 0.241 e. The molecule has 86 valence electrons. The van der Waals surface area contributed by atoms with Gasteiger partial charge in [0.1, 0.15) is 5.69 Å². The van der Waals surface area contributed by atoms with Crippen molar-refractivity contribution in [3.63, 3.8) is 0 Å². The van der Waals surface area contributed by atoms with Crippen LogP contribution in [0.15, 0.2) is 23.3 Å². The van der Waals surface area contributed by atoms with Gasteiger partial charge in [0, 0.05) is 18.5 Å². The fourth-order valence-electron chi connectivity index (χ4n) is 0.760. The summed E-state index contributed by atoms with van der Waals surface area (Å²) in [7, 11) is 0. The maximum atomic E-state index is 11.1. The number of amides is 1. The predicted octanol–water partition coefficient (Wildman–Crippen LogP) is 0.504. The number of aromatic nitrogens is 1. The van der Waals surface area contributed by atoms with Crippen LogP contribution in [0.4, 0.5) is 5.69 Å². The van der Waals surface area contributed by atoms with Crippen molar-refractivity contribution < 1.29 is 4.79 Å². The van der Waals surface area contributed by atoms with E-state index in [9.17, 15) is 9.59 Å². The van der Waals surface area contributed by atoms with Gasteiger partial charge >= 0.3 is 0 Å². The lowest BCUT2D eigenvalue weighted by Gasteiger charge is -2.05. The first-order valence-corrected chi connectivity index (χ1v) is 3.85. The molecular weight excluding hydrogens is 241 g/mol. The highest BCUT2D eigenvalue weighted by atomic mass is 35.5. The average Bonchev–Trinajstić information content (AvgIpc) is 2.08. The van der Waals surface area contributed by atoms with Crippen LogP contribution in [0, 0.1) is 0 Å². The van der Waals surface area contributed by atoms with Gasteiger partial charge in [0.05, 0.1) is 6.04 Å².